The van der Waals surface area contributed by atoms with E-state index in [4.69, 9.17) is 5.11 Å². The van der Waals surface area contributed by atoms with E-state index < -0.39 is 16.0 Å². The highest BCUT2D eigenvalue weighted by Gasteiger charge is 2.20. The van der Waals surface area contributed by atoms with Crippen molar-refractivity contribution < 1.29 is 18.3 Å². The van der Waals surface area contributed by atoms with Crippen molar-refractivity contribution in [2.75, 3.05) is 10.5 Å². The number of nitrogens with zero attached hydrogens (tertiary/aromatic N) is 1. The second-order valence-corrected chi connectivity index (χ2v) is 5.49. The third-order valence-corrected chi connectivity index (χ3v) is 3.83. The molecule has 16 heavy (non-hydrogen) atoms. The fraction of sp³-hybridized carbons (Fsp3) is 0.250. The summed E-state index contributed by atoms with van der Waals surface area (Å²) in [6.07, 6.45) is 1.22. The van der Waals surface area contributed by atoms with Crippen LogP contribution >= 0.6 is 11.5 Å². The number of carbonyl (C=O) groups is 1. The van der Waals surface area contributed by atoms with Gasteiger partial charge in [-0.1, -0.05) is 6.08 Å². The largest absolute Gasteiger partial charge is 0.478 e. The van der Waals surface area contributed by atoms with Crippen LogP contribution in [0.3, 0.4) is 0 Å². The molecule has 0 aromatic carbocycles. The smallest absolute Gasteiger partial charge is 0.340 e. The summed E-state index contributed by atoms with van der Waals surface area (Å²) < 4.78 is 28.7. The molecule has 6 nitrogen and oxygen atoms in total. The van der Waals surface area contributed by atoms with Gasteiger partial charge in [0.05, 0.1) is 11.4 Å². The zero-order valence-electron chi connectivity index (χ0n) is 8.43. The van der Waals surface area contributed by atoms with Crippen LogP contribution in [0.2, 0.25) is 0 Å². The van der Waals surface area contributed by atoms with Gasteiger partial charge in [-0.3, -0.25) is 4.72 Å². The molecule has 1 rings (SSSR count). The number of sulfonamides is 1. The maximum atomic E-state index is 11.4. The number of hydrogen-bond acceptors (Lipinski definition) is 5. The van der Waals surface area contributed by atoms with Crippen molar-refractivity contribution in [1.29, 1.82) is 0 Å². The zero-order chi connectivity index (χ0) is 12.3. The van der Waals surface area contributed by atoms with Crippen LogP contribution in [0.25, 0.3) is 0 Å². The molecule has 0 saturated carbocycles. The molecule has 0 atom stereocenters. The predicted molar refractivity (Wildman–Crippen MR) is 61.4 cm³/mol. The van der Waals surface area contributed by atoms with Gasteiger partial charge in [-0.2, -0.15) is 4.37 Å². The molecule has 0 aliphatic carbocycles. The number of carboxylic acid groups (broad SMARTS) is 1. The Balaban J connectivity index is 3.07. The number of carboxylic acids is 1. The monoisotopic (exact) mass is 262 g/mol. The topological polar surface area (TPSA) is 96.4 Å². The molecule has 0 unspecified atom stereocenters. The molecule has 0 aliphatic heterocycles. The highest BCUT2D eigenvalue weighted by Crippen LogP contribution is 2.25. The Kier molecular flexibility index (Phi) is 3.66. The summed E-state index contributed by atoms with van der Waals surface area (Å²) in [5, 5.41) is 8.89. The molecule has 0 fully saturated rings. The Morgan fingerprint density at radius 1 is 1.69 bits per heavy atom. The fourth-order valence-corrected chi connectivity index (χ4v) is 2.98. The minimum absolute atomic E-state index is 0.0202. The standard InChI is InChI=1S/C8H10N2O4S2/c1-3-4-16(13,14)10-7-6(8(11)12)5(2)9-15-7/h3,10H,1,4H2,2H3,(H,11,12). The van der Waals surface area contributed by atoms with E-state index in [9.17, 15) is 13.2 Å². The number of aromatic carboxylic acids is 1. The van der Waals surface area contributed by atoms with E-state index in [1.54, 1.807) is 0 Å². The first-order chi connectivity index (χ1) is 7.37. The van der Waals surface area contributed by atoms with Gasteiger partial charge in [-0.05, 0) is 18.5 Å². The maximum absolute atomic E-state index is 11.4. The predicted octanol–water partition coefficient (Wildman–Crippen LogP) is 1.08. The lowest BCUT2D eigenvalue weighted by Crippen LogP contribution is -2.16. The summed E-state index contributed by atoms with van der Waals surface area (Å²) in [4.78, 5) is 10.9. The Morgan fingerprint density at radius 2 is 2.31 bits per heavy atom. The summed E-state index contributed by atoms with van der Waals surface area (Å²) >= 11 is 0.802. The van der Waals surface area contributed by atoms with Crippen LogP contribution < -0.4 is 4.72 Å². The van der Waals surface area contributed by atoms with Gasteiger partial charge < -0.3 is 5.11 Å². The Morgan fingerprint density at radius 3 is 2.81 bits per heavy atom. The van der Waals surface area contributed by atoms with Gasteiger partial charge in [0.1, 0.15) is 10.6 Å². The van der Waals surface area contributed by atoms with E-state index in [-0.39, 0.29) is 22.0 Å². The van der Waals surface area contributed by atoms with Gasteiger partial charge in [-0.15, -0.1) is 6.58 Å². The van der Waals surface area contributed by atoms with Gasteiger partial charge in [-0.25, -0.2) is 13.2 Å². The first-order valence-corrected chi connectivity index (χ1v) is 6.61. The summed E-state index contributed by atoms with van der Waals surface area (Å²) in [5.74, 6) is -1.48. The van der Waals surface area contributed by atoms with Gasteiger partial charge in [0.25, 0.3) is 0 Å². The van der Waals surface area contributed by atoms with E-state index in [0.717, 1.165) is 11.5 Å². The second-order valence-electron chi connectivity index (χ2n) is 2.95. The summed E-state index contributed by atoms with van der Waals surface area (Å²) in [6.45, 7) is 4.81. The van der Waals surface area contributed by atoms with E-state index >= 15 is 0 Å². The van der Waals surface area contributed by atoms with Crippen LogP contribution in [0.15, 0.2) is 12.7 Å². The third-order valence-electron chi connectivity index (χ3n) is 1.66. The fourth-order valence-electron chi connectivity index (χ4n) is 1.03. The molecule has 1 aromatic rings. The quantitative estimate of drug-likeness (QED) is 0.774. The lowest BCUT2D eigenvalue weighted by molar-refractivity contribution is 0.0697. The average molecular weight is 262 g/mol. The number of aromatic nitrogens is 1. The first kappa shape index (κ1) is 12.7. The molecule has 1 aromatic heterocycles. The van der Waals surface area contributed by atoms with Gasteiger partial charge in [0.15, 0.2) is 0 Å². The van der Waals surface area contributed by atoms with Gasteiger partial charge in [0.2, 0.25) is 10.0 Å². The van der Waals surface area contributed by atoms with E-state index in [0.29, 0.717) is 0 Å². The number of nitrogens with one attached hydrogen (secondary N) is 1. The second kappa shape index (κ2) is 4.62. The first-order valence-electron chi connectivity index (χ1n) is 4.18. The summed E-state index contributed by atoms with van der Waals surface area (Å²) in [6, 6.07) is 0. The van der Waals surface area contributed by atoms with Crippen molar-refractivity contribution in [3.8, 4) is 0 Å². The van der Waals surface area contributed by atoms with Crippen molar-refractivity contribution >= 4 is 32.5 Å². The van der Waals surface area contributed by atoms with Gasteiger partial charge >= 0.3 is 5.97 Å². The Bertz CT molecular complexity index is 518. The lowest BCUT2D eigenvalue weighted by Gasteiger charge is -2.03. The summed E-state index contributed by atoms with van der Waals surface area (Å²) in [7, 11) is -3.59. The molecule has 0 saturated heterocycles. The van der Waals surface area contributed by atoms with Gasteiger partial charge in [0, 0.05) is 0 Å². The van der Waals surface area contributed by atoms with Crippen LogP contribution in [0.1, 0.15) is 16.1 Å². The molecular weight excluding hydrogens is 252 g/mol. The molecule has 1 heterocycles. The van der Waals surface area contributed by atoms with Crippen molar-refractivity contribution in [2.45, 2.75) is 6.92 Å². The highest BCUT2D eigenvalue weighted by molar-refractivity contribution is 7.93. The molecule has 88 valence electrons. The van der Waals surface area contributed by atoms with Crippen LogP contribution in [0, 0.1) is 6.92 Å². The zero-order valence-corrected chi connectivity index (χ0v) is 10.1. The maximum Gasteiger partial charge on any atom is 0.340 e. The van der Waals surface area contributed by atoms with Crippen LogP contribution in [0.4, 0.5) is 5.00 Å². The Hall–Kier alpha value is -1.41. The molecule has 0 radical (unpaired) electrons. The van der Waals surface area contributed by atoms with Crippen molar-refractivity contribution in [2.24, 2.45) is 0 Å². The molecule has 0 bridgehead atoms. The van der Waals surface area contributed by atoms with E-state index in [1.165, 1.54) is 13.0 Å². The SMILES string of the molecule is C=CCS(=O)(=O)Nc1snc(C)c1C(=O)O. The normalized spacial score (nSPS) is 11.1. The minimum Gasteiger partial charge on any atom is -0.478 e. The van der Waals surface area contributed by atoms with E-state index in [2.05, 4.69) is 15.7 Å². The number of aryl methyl sites for hydroxylation is 1. The van der Waals surface area contributed by atoms with Crippen LogP contribution in [-0.4, -0.2) is 29.6 Å². The lowest BCUT2D eigenvalue weighted by atomic mass is 10.2. The molecule has 0 spiro atoms. The van der Waals surface area contributed by atoms with Crippen molar-refractivity contribution in [1.82, 2.24) is 4.37 Å². The summed E-state index contributed by atoms with van der Waals surface area (Å²) in [5.41, 5.74) is 0.173. The molecule has 8 heteroatoms. The number of hydrogen-bond donors (Lipinski definition) is 2. The molecule has 0 amide bonds. The molecular formula is C8H10N2O4S2. The number of rotatable bonds is 5. The molecule has 0 aliphatic rings. The molecule has 2 N–H and O–H groups in total. The Labute approximate surface area is 96.8 Å². The third kappa shape index (κ3) is 2.80. The van der Waals surface area contributed by atoms with Crippen molar-refractivity contribution in [3.05, 3.63) is 23.9 Å². The average Bonchev–Trinajstić information content (AvgIpc) is 2.45. The van der Waals surface area contributed by atoms with Crippen LogP contribution in [-0.2, 0) is 10.0 Å². The van der Waals surface area contributed by atoms with Crippen LogP contribution in [0.5, 0.6) is 0 Å². The highest BCUT2D eigenvalue weighted by atomic mass is 32.2. The van der Waals surface area contributed by atoms with E-state index in [1.807, 2.05) is 0 Å². The minimum atomic E-state index is -3.59. The van der Waals surface area contributed by atoms with Crippen molar-refractivity contribution in [3.63, 3.8) is 0 Å². The number of anilines is 1.